The van der Waals surface area contributed by atoms with Crippen LogP contribution in [0.5, 0.6) is 5.88 Å². The van der Waals surface area contributed by atoms with Crippen LogP contribution in [0.1, 0.15) is 11.3 Å². The van der Waals surface area contributed by atoms with Crippen molar-refractivity contribution in [3.63, 3.8) is 0 Å². The first-order valence-corrected chi connectivity index (χ1v) is 8.01. The minimum Gasteiger partial charge on any atom is -0.858 e. The Labute approximate surface area is 181 Å². The number of aromatic nitrogens is 3. The molecular weight excluding hydrogens is 373 g/mol. The molecule has 4 aromatic rings. The normalized spacial score (nSPS) is 10.5. The van der Waals surface area contributed by atoms with E-state index in [0.717, 1.165) is 16.6 Å². The molecule has 0 aliphatic heterocycles. The molecule has 0 amide bonds. The number of nitrogens with zero attached hydrogens (tertiary/aromatic N) is 4. The molecule has 0 aliphatic rings. The Hall–Kier alpha value is -2.79. The molecule has 132 valence electrons. The summed E-state index contributed by atoms with van der Waals surface area (Å²) in [5, 5.41) is 25.5. The second-order valence-electron chi connectivity index (χ2n) is 5.99. The third-order valence-corrected chi connectivity index (χ3v) is 4.24. The molecule has 0 saturated carbocycles. The molecule has 2 aromatic carbocycles. The van der Waals surface area contributed by atoms with Crippen LogP contribution in [0.3, 0.4) is 0 Å². The van der Waals surface area contributed by atoms with Crippen molar-refractivity contribution in [1.29, 1.82) is 5.26 Å². The van der Waals surface area contributed by atoms with Gasteiger partial charge in [0.1, 0.15) is 11.6 Å². The SMILES string of the molecule is Cc1nn2c([O-])cc(-c3ccc(C#N)cc3)nc2c1-c1ccc(F)cc1F.[Na+]. The minimum atomic E-state index is -0.758. The molecule has 4 rings (SSSR count). The van der Waals surface area contributed by atoms with Gasteiger partial charge in [-0.25, -0.2) is 18.3 Å². The fourth-order valence-corrected chi connectivity index (χ4v) is 2.97. The standard InChI is InChI=1S/C20H12F2N4O.Na/c1-11-19(15-7-6-14(21)8-16(15)22)20-24-17(9-18(27)26(20)25-11)13-4-2-12(10-23)3-5-13;/h2-9,27H,1H3;/q;+1/p-1. The Balaban J connectivity index is 0.00000225. The van der Waals surface area contributed by atoms with Gasteiger partial charge < -0.3 is 5.11 Å². The summed E-state index contributed by atoms with van der Waals surface area (Å²) >= 11 is 0. The Morgan fingerprint density at radius 2 is 1.79 bits per heavy atom. The van der Waals surface area contributed by atoms with Crippen molar-refractivity contribution < 1.29 is 43.4 Å². The van der Waals surface area contributed by atoms with Crippen LogP contribution < -0.4 is 34.7 Å². The smallest absolute Gasteiger partial charge is 0.858 e. The van der Waals surface area contributed by atoms with E-state index in [9.17, 15) is 13.9 Å². The molecule has 5 nitrogen and oxygen atoms in total. The van der Waals surface area contributed by atoms with Gasteiger partial charge in [-0.2, -0.15) is 10.4 Å². The first-order valence-electron chi connectivity index (χ1n) is 8.01. The third-order valence-electron chi connectivity index (χ3n) is 4.24. The van der Waals surface area contributed by atoms with Gasteiger partial charge in [-0.05, 0) is 43.1 Å². The van der Waals surface area contributed by atoms with E-state index in [1.165, 1.54) is 12.1 Å². The third kappa shape index (κ3) is 3.38. The van der Waals surface area contributed by atoms with E-state index in [2.05, 4.69) is 10.1 Å². The number of nitriles is 1. The summed E-state index contributed by atoms with van der Waals surface area (Å²) in [7, 11) is 0. The number of aryl methyl sites for hydroxylation is 1. The predicted octanol–water partition coefficient (Wildman–Crippen LogP) is 0.599. The Morgan fingerprint density at radius 3 is 2.43 bits per heavy atom. The van der Waals surface area contributed by atoms with Crippen LogP contribution in [0, 0.1) is 29.9 Å². The predicted molar refractivity (Wildman–Crippen MR) is 92.7 cm³/mol. The first-order chi connectivity index (χ1) is 13.0. The number of benzene rings is 2. The zero-order chi connectivity index (χ0) is 19.1. The molecule has 28 heavy (non-hydrogen) atoms. The quantitative estimate of drug-likeness (QED) is 0.475. The van der Waals surface area contributed by atoms with Gasteiger partial charge in [0.15, 0.2) is 5.65 Å². The van der Waals surface area contributed by atoms with E-state index in [1.807, 2.05) is 6.07 Å². The van der Waals surface area contributed by atoms with Gasteiger partial charge in [0.2, 0.25) is 0 Å². The van der Waals surface area contributed by atoms with E-state index >= 15 is 0 Å². The van der Waals surface area contributed by atoms with E-state index < -0.39 is 17.5 Å². The van der Waals surface area contributed by atoms with E-state index in [4.69, 9.17) is 5.26 Å². The Morgan fingerprint density at radius 1 is 1.07 bits per heavy atom. The molecule has 0 saturated heterocycles. The molecule has 2 aromatic heterocycles. The summed E-state index contributed by atoms with van der Waals surface area (Å²) in [6.07, 6.45) is 0. The maximum atomic E-state index is 14.3. The van der Waals surface area contributed by atoms with Crippen molar-refractivity contribution in [3.05, 3.63) is 71.4 Å². The zero-order valence-electron chi connectivity index (χ0n) is 15.1. The fraction of sp³-hybridized carbons (Fsp3) is 0.0500. The van der Waals surface area contributed by atoms with Gasteiger partial charge in [0, 0.05) is 17.2 Å². The number of fused-ring (bicyclic) bond motifs is 1. The van der Waals surface area contributed by atoms with Gasteiger partial charge in [0.25, 0.3) is 0 Å². The number of halogens is 2. The van der Waals surface area contributed by atoms with Crippen molar-refractivity contribution in [2.75, 3.05) is 0 Å². The fourth-order valence-electron chi connectivity index (χ4n) is 2.97. The molecule has 0 spiro atoms. The molecular formula is C20H11F2N4NaO. The van der Waals surface area contributed by atoms with Gasteiger partial charge >= 0.3 is 29.6 Å². The summed E-state index contributed by atoms with van der Waals surface area (Å²) in [4.78, 5) is 4.48. The minimum absolute atomic E-state index is 0. The second kappa shape index (κ2) is 7.68. The van der Waals surface area contributed by atoms with Crippen molar-refractivity contribution in [3.8, 4) is 34.3 Å². The summed E-state index contributed by atoms with van der Waals surface area (Å²) in [5.74, 6) is -1.87. The van der Waals surface area contributed by atoms with Crippen LogP contribution in [0.15, 0.2) is 48.5 Å². The van der Waals surface area contributed by atoms with Crippen LogP contribution >= 0.6 is 0 Å². The molecule has 2 heterocycles. The van der Waals surface area contributed by atoms with E-state index in [1.54, 1.807) is 31.2 Å². The number of hydrogen-bond acceptors (Lipinski definition) is 4. The van der Waals surface area contributed by atoms with Crippen molar-refractivity contribution in [2.45, 2.75) is 6.92 Å². The van der Waals surface area contributed by atoms with Crippen LogP contribution in [-0.2, 0) is 0 Å². The van der Waals surface area contributed by atoms with E-state index in [0.29, 0.717) is 28.1 Å². The van der Waals surface area contributed by atoms with E-state index in [-0.39, 0.29) is 40.8 Å². The molecule has 0 radical (unpaired) electrons. The Kier molecular flexibility index (Phi) is 5.47. The largest absolute Gasteiger partial charge is 1.00 e. The summed E-state index contributed by atoms with van der Waals surface area (Å²) < 4.78 is 28.7. The average molecular weight is 384 g/mol. The molecule has 0 N–H and O–H groups in total. The van der Waals surface area contributed by atoms with Gasteiger partial charge in [-0.15, -0.1) is 0 Å². The molecule has 0 unspecified atom stereocenters. The van der Waals surface area contributed by atoms with Crippen molar-refractivity contribution in [2.24, 2.45) is 0 Å². The second-order valence-corrected chi connectivity index (χ2v) is 5.99. The van der Waals surface area contributed by atoms with Gasteiger partial charge in [-0.3, -0.25) is 0 Å². The van der Waals surface area contributed by atoms with Crippen LogP contribution in [0.4, 0.5) is 8.78 Å². The maximum absolute atomic E-state index is 14.3. The maximum Gasteiger partial charge on any atom is 1.00 e. The molecule has 0 aliphatic carbocycles. The van der Waals surface area contributed by atoms with Crippen molar-refractivity contribution in [1.82, 2.24) is 14.6 Å². The number of hydrogen-bond donors (Lipinski definition) is 0. The zero-order valence-corrected chi connectivity index (χ0v) is 17.1. The average Bonchev–Trinajstić information content (AvgIpc) is 2.98. The van der Waals surface area contributed by atoms with Gasteiger partial charge in [0.05, 0.1) is 28.6 Å². The van der Waals surface area contributed by atoms with Crippen LogP contribution in [0.25, 0.3) is 28.0 Å². The molecule has 8 heteroatoms. The van der Waals surface area contributed by atoms with Crippen molar-refractivity contribution >= 4 is 5.65 Å². The monoisotopic (exact) mass is 384 g/mol. The number of rotatable bonds is 2. The summed E-state index contributed by atoms with van der Waals surface area (Å²) in [5.41, 5.74) is 2.54. The molecule has 0 atom stereocenters. The molecule has 0 fully saturated rings. The molecule has 0 bridgehead atoms. The van der Waals surface area contributed by atoms with Gasteiger partial charge in [-0.1, -0.05) is 12.1 Å². The topological polar surface area (TPSA) is 77.0 Å². The first kappa shape index (κ1) is 20.0. The van der Waals surface area contributed by atoms with Crippen LogP contribution in [-0.4, -0.2) is 14.6 Å². The van der Waals surface area contributed by atoms with Crippen LogP contribution in [0.2, 0.25) is 0 Å². The Bertz CT molecular complexity index is 1230. The summed E-state index contributed by atoms with van der Waals surface area (Å²) in [6, 6.07) is 13.2. The summed E-state index contributed by atoms with van der Waals surface area (Å²) in [6.45, 7) is 1.63.